The molecule has 1 N–H and O–H groups in total. The molecule has 4 aliphatic carbocycles. The second kappa shape index (κ2) is 5.30. The largest absolute Gasteiger partial charge is 0.348 e. The van der Waals surface area contributed by atoms with Crippen LogP contribution in [0.4, 0.5) is 5.00 Å². The molecule has 4 saturated carbocycles. The molecule has 0 aromatic carbocycles. The third-order valence-electron chi connectivity index (χ3n) is 6.35. The number of amides is 1. The summed E-state index contributed by atoms with van der Waals surface area (Å²) in [5.41, 5.74) is 0.258. The summed E-state index contributed by atoms with van der Waals surface area (Å²) in [5, 5.41) is 14.0. The second-order valence-electron chi connectivity index (χ2n) is 7.87. The summed E-state index contributed by atoms with van der Waals surface area (Å²) < 4.78 is 0. The molecule has 0 saturated heterocycles. The van der Waals surface area contributed by atoms with Crippen LogP contribution in [0.3, 0.4) is 0 Å². The first-order valence-electron chi connectivity index (χ1n) is 8.50. The molecule has 4 bridgehead atoms. The first kappa shape index (κ1) is 15.1. The van der Waals surface area contributed by atoms with Crippen molar-refractivity contribution >= 4 is 22.2 Å². The molecular formula is C17H22N2O3S. The van der Waals surface area contributed by atoms with Crippen LogP contribution in [0, 0.1) is 33.3 Å². The Bertz CT molecular complexity index is 619. The molecule has 0 spiro atoms. The van der Waals surface area contributed by atoms with Crippen molar-refractivity contribution < 1.29 is 9.72 Å². The average molecular weight is 334 g/mol. The molecular weight excluding hydrogens is 312 g/mol. The summed E-state index contributed by atoms with van der Waals surface area (Å²) in [6.45, 7) is 2.13. The molecule has 1 heterocycles. The summed E-state index contributed by atoms with van der Waals surface area (Å²) in [5.74, 6) is 2.39. The van der Waals surface area contributed by atoms with Crippen LogP contribution >= 0.6 is 11.3 Å². The van der Waals surface area contributed by atoms with Gasteiger partial charge in [-0.1, -0.05) is 11.3 Å². The summed E-state index contributed by atoms with van der Waals surface area (Å²) in [4.78, 5) is 23.2. The Morgan fingerprint density at radius 2 is 1.83 bits per heavy atom. The molecule has 23 heavy (non-hydrogen) atoms. The minimum atomic E-state index is -0.441. The Kier molecular flexibility index (Phi) is 3.48. The third-order valence-corrected chi connectivity index (χ3v) is 7.38. The molecule has 4 fully saturated rings. The molecule has 1 aromatic rings. The van der Waals surface area contributed by atoms with Crippen LogP contribution in [0.15, 0.2) is 12.1 Å². The van der Waals surface area contributed by atoms with Gasteiger partial charge in [0.1, 0.15) is 0 Å². The molecule has 4 aliphatic rings. The molecule has 6 heteroatoms. The molecule has 1 aromatic heterocycles. The van der Waals surface area contributed by atoms with Crippen molar-refractivity contribution in [1.82, 2.24) is 5.32 Å². The van der Waals surface area contributed by atoms with Gasteiger partial charge in [0.2, 0.25) is 0 Å². The predicted molar refractivity (Wildman–Crippen MR) is 88.5 cm³/mol. The molecule has 124 valence electrons. The van der Waals surface area contributed by atoms with Gasteiger partial charge in [-0.25, -0.2) is 0 Å². The number of thiophene rings is 1. The van der Waals surface area contributed by atoms with Crippen LogP contribution < -0.4 is 5.32 Å². The van der Waals surface area contributed by atoms with E-state index in [2.05, 4.69) is 12.2 Å². The van der Waals surface area contributed by atoms with Crippen molar-refractivity contribution in [3.8, 4) is 0 Å². The maximum absolute atomic E-state index is 12.5. The van der Waals surface area contributed by atoms with Crippen LogP contribution in [-0.4, -0.2) is 16.9 Å². The summed E-state index contributed by atoms with van der Waals surface area (Å²) in [6.07, 6.45) is 7.88. The number of nitrogens with one attached hydrogen (secondary N) is 1. The van der Waals surface area contributed by atoms with E-state index in [4.69, 9.17) is 0 Å². The van der Waals surface area contributed by atoms with Gasteiger partial charge < -0.3 is 5.32 Å². The molecule has 0 aliphatic heterocycles. The number of rotatable bonds is 4. The van der Waals surface area contributed by atoms with Gasteiger partial charge in [-0.3, -0.25) is 14.9 Å². The van der Waals surface area contributed by atoms with E-state index in [0.717, 1.165) is 29.1 Å². The summed E-state index contributed by atoms with van der Waals surface area (Å²) in [7, 11) is 0. The van der Waals surface area contributed by atoms with Crippen molar-refractivity contribution in [2.45, 2.75) is 51.5 Å². The summed E-state index contributed by atoms with van der Waals surface area (Å²) >= 11 is 0.957. The molecule has 0 radical (unpaired) electrons. The van der Waals surface area contributed by atoms with Crippen molar-refractivity contribution in [1.29, 1.82) is 0 Å². The zero-order chi connectivity index (χ0) is 16.2. The van der Waals surface area contributed by atoms with E-state index in [1.807, 2.05) is 0 Å². The van der Waals surface area contributed by atoms with Gasteiger partial charge in [0, 0.05) is 12.1 Å². The Hall–Kier alpha value is -1.43. The molecule has 0 unspecified atom stereocenters. The Labute approximate surface area is 139 Å². The smallest absolute Gasteiger partial charge is 0.324 e. The van der Waals surface area contributed by atoms with Gasteiger partial charge in [-0.05, 0) is 74.7 Å². The monoisotopic (exact) mass is 334 g/mol. The highest BCUT2D eigenvalue weighted by molar-refractivity contribution is 7.17. The van der Waals surface area contributed by atoms with Crippen molar-refractivity contribution in [2.75, 3.05) is 0 Å². The fourth-order valence-corrected chi connectivity index (χ4v) is 6.40. The highest BCUT2D eigenvalue weighted by Gasteiger charge is 2.53. The second-order valence-corrected chi connectivity index (χ2v) is 8.93. The number of nitrogens with zero attached hydrogens (tertiary/aromatic N) is 1. The van der Waals surface area contributed by atoms with E-state index in [-0.39, 0.29) is 22.4 Å². The number of nitro groups is 1. The zero-order valence-corrected chi connectivity index (χ0v) is 14.1. The first-order chi connectivity index (χ1) is 10.9. The van der Waals surface area contributed by atoms with Crippen molar-refractivity contribution in [2.24, 2.45) is 23.2 Å². The standard InChI is InChI=1S/C17H22N2O3S/c1-10(18-16(20)14-2-3-15(23-14)19(21)22)17-7-11-4-12(8-17)6-13(5-11)9-17/h2-3,10-13H,4-9H2,1H3,(H,18,20)/t10-,11?,12?,13?,17?/m1/s1. The lowest BCUT2D eigenvalue weighted by molar-refractivity contribution is -0.380. The van der Waals surface area contributed by atoms with E-state index in [1.54, 1.807) is 6.07 Å². The van der Waals surface area contributed by atoms with Crippen LogP contribution in [0.5, 0.6) is 0 Å². The van der Waals surface area contributed by atoms with Crippen molar-refractivity contribution in [3.63, 3.8) is 0 Å². The van der Waals surface area contributed by atoms with Crippen LogP contribution in [0.25, 0.3) is 0 Å². The minimum Gasteiger partial charge on any atom is -0.348 e. The van der Waals surface area contributed by atoms with Gasteiger partial charge >= 0.3 is 5.00 Å². The maximum atomic E-state index is 12.5. The van der Waals surface area contributed by atoms with Gasteiger partial charge in [0.05, 0.1) is 9.80 Å². The fourth-order valence-electron chi connectivity index (χ4n) is 5.68. The summed E-state index contributed by atoms with van der Waals surface area (Å²) in [6, 6.07) is 3.11. The predicted octanol–water partition coefficient (Wildman–Crippen LogP) is 3.99. The SMILES string of the molecule is C[C@@H](NC(=O)c1ccc([N+](=O)[O-])s1)C12CC3CC(CC(C3)C1)C2. The Morgan fingerprint density at radius 3 is 2.30 bits per heavy atom. The normalized spacial score (nSPS) is 36.0. The van der Waals surface area contributed by atoms with Crippen LogP contribution in [0.2, 0.25) is 0 Å². The zero-order valence-electron chi connectivity index (χ0n) is 13.3. The molecule has 1 amide bonds. The number of carbonyl (C=O) groups excluding carboxylic acids is 1. The topological polar surface area (TPSA) is 72.2 Å². The maximum Gasteiger partial charge on any atom is 0.324 e. The van der Waals surface area contributed by atoms with Crippen molar-refractivity contribution in [3.05, 3.63) is 27.1 Å². The van der Waals surface area contributed by atoms with E-state index in [0.29, 0.717) is 4.88 Å². The van der Waals surface area contributed by atoms with Gasteiger partial charge in [0.25, 0.3) is 5.91 Å². The van der Waals surface area contributed by atoms with Gasteiger partial charge in [0.15, 0.2) is 0 Å². The average Bonchev–Trinajstić information content (AvgIpc) is 2.95. The van der Waals surface area contributed by atoms with Crippen LogP contribution in [-0.2, 0) is 0 Å². The number of hydrogen-bond acceptors (Lipinski definition) is 4. The fraction of sp³-hybridized carbons (Fsp3) is 0.706. The first-order valence-corrected chi connectivity index (χ1v) is 9.32. The molecule has 1 atom stereocenters. The number of carbonyl (C=O) groups is 1. The lowest BCUT2D eigenvalue weighted by Crippen LogP contribution is -2.55. The highest BCUT2D eigenvalue weighted by Crippen LogP contribution is 2.61. The van der Waals surface area contributed by atoms with E-state index >= 15 is 0 Å². The Morgan fingerprint density at radius 1 is 1.26 bits per heavy atom. The molecule has 5 nitrogen and oxygen atoms in total. The van der Waals surface area contributed by atoms with E-state index in [9.17, 15) is 14.9 Å². The highest BCUT2D eigenvalue weighted by atomic mass is 32.1. The van der Waals surface area contributed by atoms with Gasteiger partial charge in [-0.15, -0.1) is 0 Å². The van der Waals surface area contributed by atoms with Crippen LogP contribution in [0.1, 0.15) is 55.1 Å². The van der Waals surface area contributed by atoms with E-state index in [1.165, 1.54) is 44.6 Å². The third kappa shape index (κ3) is 2.57. The lowest BCUT2D eigenvalue weighted by atomic mass is 9.48. The lowest BCUT2D eigenvalue weighted by Gasteiger charge is -2.59. The van der Waals surface area contributed by atoms with Gasteiger partial charge in [-0.2, -0.15) is 0 Å². The minimum absolute atomic E-state index is 0.0256. The Balaban J connectivity index is 1.48. The molecule has 5 rings (SSSR count). The number of hydrogen-bond donors (Lipinski definition) is 1. The quantitative estimate of drug-likeness (QED) is 0.668. The van der Waals surface area contributed by atoms with E-state index < -0.39 is 4.92 Å².